The molecule has 150 valence electrons. The highest BCUT2D eigenvalue weighted by atomic mass is 32.2. The summed E-state index contributed by atoms with van der Waals surface area (Å²) in [6.45, 7) is 5.87. The van der Waals surface area contributed by atoms with E-state index in [1.807, 2.05) is 25.1 Å². The van der Waals surface area contributed by atoms with Gasteiger partial charge in [0.1, 0.15) is 11.8 Å². The lowest BCUT2D eigenvalue weighted by Gasteiger charge is -2.25. The summed E-state index contributed by atoms with van der Waals surface area (Å²) in [4.78, 5) is 13.2. The number of nitrogens with one attached hydrogen (secondary N) is 1. The first-order valence-electron chi connectivity index (χ1n) is 9.29. The van der Waals surface area contributed by atoms with Crippen LogP contribution < -0.4 is 10.1 Å². The molecule has 3 rings (SSSR count). The molecule has 1 unspecified atom stereocenters. The third-order valence-corrected chi connectivity index (χ3v) is 7.26. The molecule has 1 saturated heterocycles. The van der Waals surface area contributed by atoms with Crippen molar-refractivity contribution in [3.63, 3.8) is 0 Å². The molecule has 0 aliphatic carbocycles. The zero-order chi connectivity index (χ0) is 20.5. The van der Waals surface area contributed by atoms with E-state index in [4.69, 9.17) is 4.74 Å². The Bertz CT molecular complexity index is 978. The van der Waals surface area contributed by atoms with Crippen LogP contribution in [0.1, 0.15) is 29.5 Å². The normalized spacial score (nSPS) is 17.5. The highest BCUT2D eigenvalue weighted by Crippen LogP contribution is 2.32. The van der Waals surface area contributed by atoms with Crippen LogP contribution >= 0.6 is 0 Å². The second kappa shape index (κ2) is 7.93. The van der Waals surface area contributed by atoms with Gasteiger partial charge in [-0.25, -0.2) is 8.42 Å². The van der Waals surface area contributed by atoms with Crippen molar-refractivity contribution in [2.45, 2.75) is 44.6 Å². The van der Waals surface area contributed by atoms with E-state index in [1.54, 1.807) is 32.0 Å². The first-order chi connectivity index (χ1) is 13.3. The van der Waals surface area contributed by atoms with Gasteiger partial charge in [-0.05, 0) is 56.9 Å². The van der Waals surface area contributed by atoms with Crippen molar-refractivity contribution in [2.24, 2.45) is 0 Å². The van der Waals surface area contributed by atoms with Crippen LogP contribution in [0, 0.1) is 20.8 Å². The molecule has 6 nitrogen and oxygen atoms in total. The molecule has 0 saturated carbocycles. The Morgan fingerprint density at radius 1 is 1.14 bits per heavy atom. The SMILES string of the molecule is COc1ccccc1NC(=O)C1CCCN1S(=O)(=O)c1c(C)cc(C)cc1C. The first kappa shape index (κ1) is 20.4. The number of methoxy groups -OCH3 is 1. The lowest BCUT2D eigenvalue weighted by Crippen LogP contribution is -2.43. The van der Waals surface area contributed by atoms with Crippen molar-refractivity contribution in [3.05, 3.63) is 53.1 Å². The summed E-state index contributed by atoms with van der Waals surface area (Å²) in [5.74, 6) is 0.196. The molecule has 0 radical (unpaired) electrons. The van der Waals surface area contributed by atoms with Gasteiger partial charge in [0.25, 0.3) is 0 Å². The molecule has 0 bridgehead atoms. The molecule has 2 aromatic carbocycles. The summed E-state index contributed by atoms with van der Waals surface area (Å²) in [7, 11) is -2.25. The molecule has 1 heterocycles. The maximum atomic E-state index is 13.4. The standard InChI is InChI=1S/C21H26N2O4S/c1-14-12-15(2)20(16(3)13-14)28(25,26)23-11-7-9-18(23)21(24)22-17-8-5-6-10-19(17)27-4/h5-6,8,10,12-13,18H,7,9,11H2,1-4H3,(H,22,24). The van der Waals surface area contributed by atoms with Crippen molar-refractivity contribution in [1.82, 2.24) is 4.31 Å². The van der Waals surface area contributed by atoms with Crippen LogP contribution in [0.25, 0.3) is 0 Å². The number of rotatable bonds is 5. The monoisotopic (exact) mass is 402 g/mol. The number of aryl methyl sites for hydroxylation is 3. The van der Waals surface area contributed by atoms with Crippen LogP contribution in [0.2, 0.25) is 0 Å². The summed E-state index contributed by atoms with van der Waals surface area (Å²) in [6, 6.07) is 10.1. The maximum Gasteiger partial charge on any atom is 0.244 e. The summed E-state index contributed by atoms with van der Waals surface area (Å²) in [5, 5.41) is 2.83. The number of hydrogen-bond donors (Lipinski definition) is 1. The minimum absolute atomic E-state index is 0.301. The molecule has 1 atom stereocenters. The van der Waals surface area contributed by atoms with Gasteiger partial charge in [0.2, 0.25) is 15.9 Å². The van der Waals surface area contributed by atoms with Crippen LogP contribution in [0.4, 0.5) is 5.69 Å². The van der Waals surface area contributed by atoms with Gasteiger partial charge in [-0.1, -0.05) is 29.8 Å². The van der Waals surface area contributed by atoms with E-state index < -0.39 is 16.1 Å². The number of anilines is 1. The lowest BCUT2D eigenvalue weighted by atomic mass is 10.1. The van der Waals surface area contributed by atoms with E-state index in [9.17, 15) is 13.2 Å². The molecule has 1 N–H and O–H groups in total. The molecule has 1 fully saturated rings. The Balaban J connectivity index is 1.91. The molecular formula is C21H26N2O4S. The molecule has 0 aromatic heterocycles. The highest BCUT2D eigenvalue weighted by Gasteiger charge is 2.40. The van der Waals surface area contributed by atoms with E-state index in [0.717, 1.165) is 5.56 Å². The summed E-state index contributed by atoms with van der Waals surface area (Å²) < 4.78 is 33.4. The highest BCUT2D eigenvalue weighted by molar-refractivity contribution is 7.89. The van der Waals surface area contributed by atoms with E-state index in [0.29, 0.717) is 46.8 Å². The number of nitrogens with zero attached hydrogens (tertiary/aromatic N) is 1. The second-order valence-corrected chi connectivity index (χ2v) is 9.02. The number of carbonyl (C=O) groups is 1. The average Bonchev–Trinajstić information content (AvgIpc) is 3.12. The van der Waals surface area contributed by atoms with Gasteiger partial charge in [-0.3, -0.25) is 4.79 Å². The van der Waals surface area contributed by atoms with Gasteiger partial charge in [0.05, 0.1) is 17.7 Å². The van der Waals surface area contributed by atoms with Crippen LogP contribution in [0.3, 0.4) is 0 Å². The second-order valence-electron chi connectivity index (χ2n) is 7.19. The minimum Gasteiger partial charge on any atom is -0.495 e. The van der Waals surface area contributed by atoms with Crippen molar-refractivity contribution in [1.29, 1.82) is 0 Å². The predicted molar refractivity (Wildman–Crippen MR) is 109 cm³/mol. The summed E-state index contributed by atoms with van der Waals surface area (Å²) >= 11 is 0. The van der Waals surface area contributed by atoms with Crippen molar-refractivity contribution < 1.29 is 17.9 Å². The minimum atomic E-state index is -3.78. The smallest absolute Gasteiger partial charge is 0.244 e. The molecular weight excluding hydrogens is 376 g/mol. The average molecular weight is 403 g/mol. The van der Waals surface area contributed by atoms with Gasteiger partial charge >= 0.3 is 0 Å². The summed E-state index contributed by atoms with van der Waals surface area (Å²) in [6.07, 6.45) is 1.14. The fraction of sp³-hybridized carbons (Fsp3) is 0.381. The van der Waals surface area contributed by atoms with E-state index >= 15 is 0 Å². The van der Waals surface area contributed by atoms with Crippen molar-refractivity contribution in [3.8, 4) is 5.75 Å². The molecule has 2 aromatic rings. The van der Waals surface area contributed by atoms with Crippen LogP contribution in [0.15, 0.2) is 41.3 Å². The van der Waals surface area contributed by atoms with Gasteiger partial charge in [-0.2, -0.15) is 4.31 Å². The fourth-order valence-electron chi connectivity index (χ4n) is 3.94. The maximum absolute atomic E-state index is 13.4. The number of para-hydroxylation sites is 2. The molecule has 28 heavy (non-hydrogen) atoms. The zero-order valence-corrected chi connectivity index (χ0v) is 17.5. The molecule has 1 amide bonds. The summed E-state index contributed by atoms with van der Waals surface area (Å²) in [5.41, 5.74) is 2.95. The molecule has 1 aliphatic heterocycles. The number of amides is 1. The number of sulfonamides is 1. The molecule has 0 spiro atoms. The van der Waals surface area contributed by atoms with Crippen LogP contribution in [0.5, 0.6) is 5.75 Å². The van der Waals surface area contributed by atoms with Crippen molar-refractivity contribution in [2.75, 3.05) is 19.0 Å². The fourth-order valence-corrected chi connectivity index (χ4v) is 6.02. The molecule has 7 heteroatoms. The third kappa shape index (κ3) is 3.77. The van der Waals surface area contributed by atoms with Gasteiger partial charge in [-0.15, -0.1) is 0 Å². The number of benzene rings is 2. The van der Waals surface area contributed by atoms with Gasteiger partial charge < -0.3 is 10.1 Å². The lowest BCUT2D eigenvalue weighted by molar-refractivity contribution is -0.119. The Morgan fingerprint density at radius 2 is 1.79 bits per heavy atom. The molecule has 1 aliphatic rings. The quantitative estimate of drug-likeness (QED) is 0.832. The Kier molecular flexibility index (Phi) is 5.76. The number of ether oxygens (including phenoxy) is 1. The van der Waals surface area contributed by atoms with E-state index in [1.165, 1.54) is 11.4 Å². The van der Waals surface area contributed by atoms with Gasteiger partial charge in [0, 0.05) is 6.54 Å². The Labute approximate surface area is 166 Å². The van der Waals surface area contributed by atoms with Gasteiger partial charge in [0.15, 0.2) is 0 Å². The van der Waals surface area contributed by atoms with E-state index in [-0.39, 0.29) is 5.91 Å². The number of carbonyl (C=O) groups excluding carboxylic acids is 1. The third-order valence-electron chi connectivity index (χ3n) is 5.04. The predicted octanol–water partition coefficient (Wildman–Crippen LogP) is 3.41. The topological polar surface area (TPSA) is 75.7 Å². The number of hydrogen-bond acceptors (Lipinski definition) is 4. The van der Waals surface area contributed by atoms with Crippen LogP contribution in [-0.2, 0) is 14.8 Å². The largest absolute Gasteiger partial charge is 0.495 e. The zero-order valence-electron chi connectivity index (χ0n) is 16.7. The Morgan fingerprint density at radius 3 is 2.43 bits per heavy atom. The van der Waals surface area contributed by atoms with E-state index in [2.05, 4.69) is 5.32 Å². The van der Waals surface area contributed by atoms with Crippen LogP contribution in [-0.4, -0.2) is 38.3 Å². The van der Waals surface area contributed by atoms with Crippen molar-refractivity contribution >= 4 is 21.6 Å². The first-order valence-corrected chi connectivity index (χ1v) is 10.7. The Hall–Kier alpha value is -2.38.